The number of rotatable bonds is 14. The first-order chi connectivity index (χ1) is 15.0. The van der Waals surface area contributed by atoms with Crippen molar-refractivity contribution < 1.29 is 29.2 Å². The number of nitrogens with two attached hydrogens (primary N) is 1. The summed E-state index contributed by atoms with van der Waals surface area (Å²) >= 11 is 0. The summed E-state index contributed by atoms with van der Waals surface area (Å²) in [4.78, 5) is 11.9. The molecule has 0 radical (unpaired) electrons. The van der Waals surface area contributed by atoms with E-state index in [9.17, 15) is 9.90 Å². The van der Waals surface area contributed by atoms with Crippen molar-refractivity contribution in [2.75, 3.05) is 27.4 Å². The zero-order chi connectivity index (χ0) is 22.6. The Kier molecular flexibility index (Phi) is 10.1. The molecule has 1 unspecified atom stereocenters. The number of benzene rings is 2. The van der Waals surface area contributed by atoms with E-state index in [2.05, 4.69) is 5.32 Å². The fourth-order valence-corrected chi connectivity index (χ4v) is 3.08. The first-order valence-electron chi connectivity index (χ1n) is 10.2. The number of primary amides is 1. The topological polar surface area (TPSA) is 123 Å². The molecule has 0 bridgehead atoms. The van der Waals surface area contributed by atoms with Crippen LogP contribution in [-0.4, -0.2) is 55.7 Å². The molecule has 8 nitrogen and oxygen atoms in total. The van der Waals surface area contributed by atoms with Crippen LogP contribution in [0.3, 0.4) is 0 Å². The number of methoxy groups -OCH3 is 2. The monoisotopic (exact) mass is 432 g/mol. The molecule has 1 amide bonds. The molecule has 0 spiro atoms. The molecule has 2 aromatic carbocycles. The molecular weight excluding hydrogens is 400 g/mol. The van der Waals surface area contributed by atoms with Crippen molar-refractivity contribution in [3.63, 3.8) is 0 Å². The van der Waals surface area contributed by atoms with Gasteiger partial charge in [-0.25, -0.2) is 0 Å². The number of hydrogen-bond donors (Lipinski definition) is 4. The molecule has 0 saturated heterocycles. The Balaban J connectivity index is 1.83. The van der Waals surface area contributed by atoms with Crippen LogP contribution in [0.5, 0.6) is 17.2 Å². The van der Waals surface area contributed by atoms with Gasteiger partial charge in [0.05, 0.1) is 26.9 Å². The van der Waals surface area contributed by atoms with E-state index in [1.807, 2.05) is 36.4 Å². The summed E-state index contributed by atoms with van der Waals surface area (Å²) in [5, 5.41) is 21.4. The molecule has 2 rings (SSSR count). The molecule has 0 aliphatic rings. The zero-order valence-electron chi connectivity index (χ0n) is 18.0. The highest BCUT2D eigenvalue weighted by atomic mass is 16.5. The third kappa shape index (κ3) is 8.09. The first kappa shape index (κ1) is 24.5. The minimum Gasteiger partial charge on any atom is -0.497 e. The van der Waals surface area contributed by atoms with Gasteiger partial charge in [-0.15, -0.1) is 0 Å². The molecule has 2 atom stereocenters. The molecule has 0 heterocycles. The summed E-state index contributed by atoms with van der Waals surface area (Å²) in [5.41, 5.74) is 7.60. The summed E-state index contributed by atoms with van der Waals surface area (Å²) in [6, 6.07) is 12.6. The Bertz CT molecular complexity index is 812. The Hall–Kier alpha value is -2.81. The Morgan fingerprint density at radius 3 is 2.42 bits per heavy atom. The number of carbonyl (C=O) groups is 1. The fourth-order valence-electron chi connectivity index (χ4n) is 3.08. The lowest BCUT2D eigenvalue weighted by Crippen LogP contribution is -2.41. The summed E-state index contributed by atoms with van der Waals surface area (Å²) in [6.45, 7) is 0.158. The van der Waals surface area contributed by atoms with Crippen LogP contribution in [0.1, 0.15) is 24.0 Å². The van der Waals surface area contributed by atoms with E-state index < -0.39 is 18.1 Å². The average molecular weight is 433 g/mol. The summed E-state index contributed by atoms with van der Waals surface area (Å²) in [5.74, 6) is 1.62. The number of aliphatic hydroxyl groups is 2. The molecule has 0 aliphatic carbocycles. The zero-order valence-corrected chi connectivity index (χ0v) is 18.0. The quantitative estimate of drug-likeness (QED) is 0.356. The predicted molar refractivity (Wildman–Crippen MR) is 117 cm³/mol. The van der Waals surface area contributed by atoms with Crippen LogP contribution >= 0.6 is 0 Å². The third-order valence-electron chi connectivity index (χ3n) is 4.91. The highest BCUT2D eigenvalue weighted by Gasteiger charge is 2.16. The number of aryl methyl sites for hydroxylation is 1. The molecule has 31 heavy (non-hydrogen) atoms. The van der Waals surface area contributed by atoms with Crippen molar-refractivity contribution >= 4 is 5.91 Å². The van der Waals surface area contributed by atoms with Crippen LogP contribution in [0, 0.1) is 0 Å². The lowest BCUT2D eigenvalue weighted by molar-refractivity contribution is -0.120. The van der Waals surface area contributed by atoms with Gasteiger partial charge in [0.25, 0.3) is 0 Å². The second-order valence-corrected chi connectivity index (χ2v) is 7.20. The van der Waals surface area contributed by atoms with E-state index in [4.69, 9.17) is 25.1 Å². The van der Waals surface area contributed by atoms with E-state index >= 15 is 0 Å². The van der Waals surface area contributed by atoms with Crippen LogP contribution in [-0.2, 0) is 17.8 Å². The van der Waals surface area contributed by atoms with Gasteiger partial charge >= 0.3 is 0 Å². The number of hydrogen-bond acceptors (Lipinski definition) is 7. The smallest absolute Gasteiger partial charge is 0.234 e. The van der Waals surface area contributed by atoms with E-state index in [-0.39, 0.29) is 13.2 Å². The normalized spacial score (nSPS) is 12.8. The van der Waals surface area contributed by atoms with Gasteiger partial charge in [-0.2, -0.15) is 0 Å². The van der Waals surface area contributed by atoms with Crippen LogP contribution in [0.4, 0.5) is 0 Å². The highest BCUT2D eigenvalue weighted by Crippen LogP contribution is 2.24. The SMILES string of the molecule is COc1ccc(CNC(CCCc2ccc(OC[C@H](O)CO)cc2)C(N)=O)c(OC)c1. The van der Waals surface area contributed by atoms with Gasteiger partial charge in [0, 0.05) is 18.2 Å². The second-order valence-electron chi connectivity index (χ2n) is 7.20. The largest absolute Gasteiger partial charge is 0.497 e. The third-order valence-corrected chi connectivity index (χ3v) is 4.91. The van der Waals surface area contributed by atoms with Crippen molar-refractivity contribution in [3.05, 3.63) is 53.6 Å². The predicted octanol–water partition coefficient (Wildman–Crippen LogP) is 1.40. The van der Waals surface area contributed by atoms with Crippen molar-refractivity contribution in [1.29, 1.82) is 0 Å². The van der Waals surface area contributed by atoms with Crippen LogP contribution in [0.15, 0.2) is 42.5 Å². The van der Waals surface area contributed by atoms with E-state index in [1.165, 1.54) is 0 Å². The second kappa shape index (κ2) is 12.8. The summed E-state index contributed by atoms with van der Waals surface area (Å²) in [6.07, 6.45) is 1.28. The molecule has 0 aliphatic heterocycles. The minimum atomic E-state index is -0.893. The maximum Gasteiger partial charge on any atom is 0.234 e. The molecule has 8 heteroatoms. The molecular formula is C23H32N2O6. The maximum absolute atomic E-state index is 11.9. The number of carbonyl (C=O) groups excluding carboxylic acids is 1. The van der Waals surface area contributed by atoms with E-state index in [1.54, 1.807) is 20.3 Å². The number of aliphatic hydroxyl groups excluding tert-OH is 2. The Morgan fingerprint density at radius 2 is 1.81 bits per heavy atom. The molecule has 0 saturated carbocycles. The molecule has 2 aromatic rings. The van der Waals surface area contributed by atoms with Gasteiger partial charge in [-0.1, -0.05) is 18.2 Å². The Morgan fingerprint density at radius 1 is 1.10 bits per heavy atom. The fraction of sp³-hybridized carbons (Fsp3) is 0.435. The average Bonchev–Trinajstić information content (AvgIpc) is 2.80. The number of amides is 1. The maximum atomic E-state index is 11.9. The van der Waals surface area contributed by atoms with Crippen LogP contribution in [0.2, 0.25) is 0 Å². The number of ether oxygens (including phenoxy) is 3. The first-order valence-corrected chi connectivity index (χ1v) is 10.2. The molecule has 0 aromatic heterocycles. The van der Waals surface area contributed by atoms with Crippen molar-refractivity contribution in [2.45, 2.75) is 38.0 Å². The van der Waals surface area contributed by atoms with Crippen LogP contribution < -0.4 is 25.3 Å². The minimum absolute atomic E-state index is 0.0424. The van der Waals surface area contributed by atoms with E-state index in [0.717, 1.165) is 24.0 Å². The van der Waals surface area contributed by atoms with Gasteiger partial charge in [0.1, 0.15) is 30.0 Å². The van der Waals surface area contributed by atoms with Gasteiger partial charge < -0.3 is 35.5 Å². The van der Waals surface area contributed by atoms with Crippen molar-refractivity contribution in [2.24, 2.45) is 5.73 Å². The van der Waals surface area contributed by atoms with Gasteiger partial charge in [-0.3, -0.25) is 4.79 Å². The van der Waals surface area contributed by atoms with Crippen LogP contribution in [0.25, 0.3) is 0 Å². The number of nitrogens with one attached hydrogen (secondary N) is 1. The standard InChI is InChI=1S/C23H32N2O6/c1-29-20-11-8-17(22(12-20)30-2)13-25-21(23(24)28)5-3-4-16-6-9-19(10-7-16)31-15-18(27)14-26/h6-12,18,21,25-27H,3-5,13-15H2,1-2H3,(H2,24,28)/t18-,21?/m1/s1. The Labute approximate surface area is 182 Å². The highest BCUT2D eigenvalue weighted by molar-refractivity contribution is 5.79. The summed E-state index contributed by atoms with van der Waals surface area (Å²) in [7, 11) is 3.19. The summed E-state index contributed by atoms with van der Waals surface area (Å²) < 4.78 is 16.0. The molecule has 5 N–H and O–H groups in total. The molecule has 0 fully saturated rings. The molecule has 170 valence electrons. The van der Waals surface area contributed by atoms with Gasteiger partial charge in [0.2, 0.25) is 5.91 Å². The lowest BCUT2D eigenvalue weighted by atomic mass is 10.0. The van der Waals surface area contributed by atoms with Gasteiger partial charge in [-0.05, 0) is 43.0 Å². The van der Waals surface area contributed by atoms with Crippen molar-refractivity contribution in [1.82, 2.24) is 5.32 Å². The van der Waals surface area contributed by atoms with E-state index in [0.29, 0.717) is 30.2 Å². The van der Waals surface area contributed by atoms with Crippen molar-refractivity contribution in [3.8, 4) is 17.2 Å². The van der Waals surface area contributed by atoms with Gasteiger partial charge in [0.15, 0.2) is 0 Å². The lowest BCUT2D eigenvalue weighted by Gasteiger charge is -2.17.